The summed E-state index contributed by atoms with van der Waals surface area (Å²) < 4.78 is 19.2. The number of rotatable bonds is 4. The topological polar surface area (TPSA) is 92.9 Å². The first kappa shape index (κ1) is 16.6. The minimum atomic E-state index is -0.893. The summed E-state index contributed by atoms with van der Waals surface area (Å²) in [4.78, 5) is 20.6. The fourth-order valence-corrected chi connectivity index (χ4v) is 2.33. The molecule has 128 valence electrons. The summed E-state index contributed by atoms with van der Waals surface area (Å²) in [6, 6.07) is 8.10. The van der Waals surface area contributed by atoms with Crippen molar-refractivity contribution in [3.8, 4) is 0 Å². The van der Waals surface area contributed by atoms with Gasteiger partial charge in [-0.1, -0.05) is 23.4 Å². The Hall–Kier alpha value is -3.29. The van der Waals surface area contributed by atoms with Gasteiger partial charge in [0.15, 0.2) is 5.82 Å². The van der Waals surface area contributed by atoms with Crippen LogP contribution < -0.4 is 10.6 Å². The Morgan fingerprint density at radius 3 is 2.68 bits per heavy atom. The molecule has 0 aliphatic carbocycles. The average molecular weight is 341 g/mol. The van der Waals surface area contributed by atoms with E-state index in [0.29, 0.717) is 17.3 Å². The largest absolute Gasteiger partial charge is 0.340 e. The quantitative estimate of drug-likeness (QED) is 0.760. The molecule has 2 amide bonds. The molecule has 1 atom stereocenters. The van der Waals surface area contributed by atoms with Crippen LogP contribution >= 0.6 is 0 Å². The van der Waals surface area contributed by atoms with Crippen molar-refractivity contribution in [2.45, 2.75) is 19.9 Å². The molecular weight excluding hydrogens is 325 g/mol. The molecule has 0 radical (unpaired) electrons. The average Bonchev–Trinajstić information content (AvgIpc) is 3.02. The molecule has 0 aliphatic rings. The van der Waals surface area contributed by atoms with Gasteiger partial charge in [-0.15, -0.1) is 0 Å². The number of aryl methyl sites for hydroxylation is 2. The maximum absolute atomic E-state index is 14.2. The number of anilines is 1. The van der Waals surface area contributed by atoms with Crippen LogP contribution in [0.5, 0.6) is 0 Å². The third-order valence-electron chi connectivity index (χ3n) is 3.55. The Kier molecular flexibility index (Phi) is 4.69. The van der Waals surface area contributed by atoms with Crippen LogP contribution in [0, 0.1) is 19.7 Å². The second kappa shape index (κ2) is 7.08. The molecule has 25 heavy (non-hydrogen) atoms. The second-order valence-electron chi connectivity index (χ2n) is 5.36. The van der Waals surface area contributed by atoms with Crippen LogP contribution in [0.1, 0.15) is 29.0 Å². The van der Waals surface area contributed by atoms with Gasteiger partial charge >= 0.3 is 6.03 Å². The standard InChI is InChI=1S/C17H16FN5O2/c1-10-14(8-5-9-19-10)21-17(24)22-15(16-20-11(2)25-23-16)12-6-3-4-7-13(12)18/h3-9,15H,1-2H3,(H2,21,22,24)/t15-/m1/s1. The summed E-state index contributed by atoms with van der Waals surface area (Å²) in [6.07, 6.45) is 1.63. The van der Waals surface area contributed by atoms with Gasteiger partial charge in [0.05, 0.1) is 11.4 Å². The zero-order valence-corrected chi connectivity index (χ0v) is 13.7. The lowest BCUT2D eigenvalue weighted by Crippen LogP contribution is -2.34. The Morgan fingerprint density at radius 2 is 2.00 bits per heavy atom. The third-order valence-corrected chi connectivity index (χ3v) is 3.55. The molecule has 3 rings (SSSR count). The van der Waals surface area contributed by atoms with E-state index in [1.165, 1.54) is 6.07 Å². The highest BCUT2D eigenvalue weighted by atomic mass is 19.1. The van der Waals surface area contributed by atoms with Gasteiger partial charge in [0, 0.05) is 18.7 Å². The van der Waals surface area contributed by atoms with Crippen LogP contribution in [0.2, 0.25) is 0 Å². The summed E-state index contributed by atoms with van der Waals surface area (Å²) in [6.45, 7) is 3.39. The third kappa shape index (κ3) is 3.79. The number of aromatic nitrogens is 3. The summed E-state index contributed by atoms with van der Waals surface area (Å²) >= 11 is 0. The minimum absolute atomic E-state index is 0.167. The molecule has 0 bridgehead atoms. The van der Waals surface area contributed by atoms with Crippen molar-refractivity contribution in [2.75, 3.05) is 5.32 Å². The Balaban J connectivity index is 1.87. The molecule has 0 saturated carbocycles. The fraction of sp³-hybridized carbons (Fsp3) is 0.176. The normalized spacial score (nSPS) is 11.8. The van der Waals surface area contributed by atoms with Gasteiger partial charge in [0.1, 0.15) is 11.9 Å². The molecule has 0 fully saturated rings. The van der Waals surface area contributed by atoms with E-state index in [4.69, 9.17) is 4.52 Å². The second-order valence-corrected chi connectivity index (χ2v) is 5.36. The van der Waals surface area contributed by atoms with Crippen LogP contribution in [0.25, 0.3) is 0 Å². The van der Waals surface area contributed by atoms with Crippen LogP contribution in [0.3, 0.4) is 0 Å². The maximum atomic E-state index is 14.2. The molecule has 0 unspecified atom stereocenters. The number of nitrogens with one attached hydrogen (secondary N) is 2. The molecule has 1 aromatic carbocycles. The molecule has 2 heterocycles. The van der Waals surface area contributed by atoms with Gasteiger partial charge in [-0.25, -0.2) is 9.18 Å². The van der Waals surface area contributed by atoms with Crippen molar-refractivity contribution in [2.24, 2.45) is 0 Å². The van der Waals surface area contributed by atoms with Crippen LogP contribution in [0.15, 0.2) is 47.1 Å². The monoisotopic (exact) mass is 341 g/mol. The molecule has 0 aliphatic heterocycles. The number of hydrogen-bond acceptors (Lipinski definition) is 5. The van der Waals surface area contributed by atoms with E-state index in [1.54, 1.807) is 50.4 Å². The number of carbonyl (C=O) groups excluding carboxylic acids is 1. The first-order chi connectivity index (χ1) is 12.0. The number of nitrogens with zero attached hydrogens (tertiary/aromatic N) is 3. The van der Waals surface area contributed by atoms with Gasteiger partial charge in [0.2, 0.25) is 5.89 Å². The smallest absolute Gasteiger partial charge is 0.320 e. The Morgan fingerprint density at radius 1 is 1.20 bits per heavy atom. The van der Waals surface area contributed by atoms with Crippen molar-refractivity contribution >= 4 is 11.7 Å². The first-order valence-electron chi connectivity index (χ1n) is 7.58. The van der Waals surface area contributed by atoms with E-state index in [1.807, 2.05) is 0 Å². The maximum Gasteiger partial charge on any atom is 0.320 e. The number of halogens is 1. The molecule has 3 aromatic rings. The van der Waals surface area contributed by atoms with Crippen molar-refractivity contribution < 1.29 is 13.7 Å². The van der Waals surface area contributed by atoms with Crippen molar-refractivity contribution in [1.29, 1.82) is 0 Å². The molecule has 8 heteroatoms. The van der Waals surface area contributed by atoms with Crippen molar-refractivity contribution in [1.82, 2.24) is 20.4 Å². The first-order valence-corrected chi connectivity index (χ1v) is 7.58. The number of amides is 2. The van der Waals surface area contributed by atoms with Crippen molar-refractivity contribution in [3.63, 3.8) is 0 Å². The highest BCUT2D eigenvalue weighted by molar-refractivity contribution is 5.90. The van der Waals surface area contributed by atoms with E-state index in [9.17, 15) is 9.18 Å². The predicted octanol–water partition coefficient (Wildman–Crippen LogP) is 3.13. The highest BCUT2D eigenvalue weighted by Crippen LogP contribution is 2.23. The molecule has 2 N–H and O–H groups in total. The molecular formula is C17H16FN5O2. The summed E-state index contributed by atoms with van der Waals surface area (Å²) in [5.41, 5.74) is 1.45. The zero-order chi connectivity index (χ0) is 17.8. The van der Waals surface area contributed by atoms with Gasteiger partial charge in [-0.2, -0.15) is 4.98 Å². The van der Waals surface area contributed by atoms with E-state index in [-0.39, 0.29) is 11.4 Å². The fourth-order valence-electron chi connectivity index (χ4n) is 2.33. The van der Waals surface area contributed by atoms with Gasteiger partial charge in [-0.3, -0.25) is 4.98 Å². The van der Waals surface area contributed by atoms with Crippen LogP contribution in [-0.2, 0) is 0 Å². The SMILES string of the molecule is Cc1nc([C@H](NC(=O)Nc2cccnc2C)c2ccccc2F)no1. The summed E-state index contributed by atoms with van der Waals surface area (Å²) in [5.74, 6) is 0.00937. The number of hydrogen-bond donors (Lipinski definition) is 2. The zero-order valence-electron chi connectivity index (χ0n) is 13.7. The Bertz CT molecular complexity index is 896. The number of benzene rings is 1. The van der Waals surface area contributed by atoms with Gasteiger partial charge < -0.3 is 15.2 Å². The lowest BCUT2D eigenvalue weighted by molar-refractivity contribution is 0.249. The van der Waals surface area contributed by atoms with Gasteiger partial charge in [0.25, 0.3) is 0 Å². The highest BCUT2D eigenvalue weighted by Gasteiger charge is 2.24. The predicted molar refractivity (Wildman–Crippen MR) is 88.4 cm³/mol. The van der Waals surface area contributed by atoms with E-state index in [0.717, 1.165) is 0 Å². The number of carbonyl (C=O) groups is 1. The number of pyridine rings is 1. The molecule has 2 aromatic heterocycles. The van der Waals surface area contributed by atoms with E-state index >= 15 is 0 Å². The Labute approximate surface area is 143 Å². The molecule has 0 saturated heterocycles. The lowest BCUT2D eigenvalue weighted by atomic mass is 10.1. The lowest BCUT2D eigenvalue weighted by Gasteiger charge is -2.17. The minimum Gasteiger partial charge on any atom is -0.340 e. The van der Waals surface area contributed by atoms with E-state index in [2.05, 4.69) is 25.8 Å². The van der Waals surface area contributed by atoms with Crippen LogP contribution in [-0.4, -0.2) is 21.2 Å². The molecule has 0 spiro atoms. The summed E-state index contributed by atoms with van der Waals surface area (Å²) in [7, 11) is 0. The van der Waals surface area contributed by atoms with E-state index < -0.39 is 17.9 Å². The van der Waals surface area contributed by atoms with Gasteiger partial charge in [-0.05, 0) is 25.1 Å². The summed E-state index contributed by atoms with van der Waals surface area (Å²) in [5, 5.41) is 9.17. The molecule has 7 nitrogen and oxygen atoms in total. The number of urea groups is 1. The van der Waals surface area contributed by atoms with Crippen molar-refractivity contribution in [3.05, 3.63) is 71.4 Å². The van der Waals surface area contributed by atoms with Crippen LogP contribution in [0.4, 0.5) is 14.9 Å².